The molecule has 3 amide bonds. The summed E-state index contributed by atoms with van der Waals surface area (Å²) >= 11 is 0. The number of fused-ring (bicyclic) bond motifs is 1. The topological polar surface area (TPSA) is 66.4 Å². The quantitative estimate of drug-likeness (QED) is 0.898. The Hall–Kier alpha value is -2.50. The van der Waals surface area contributed by atoms with Crippen LogP contribution in [-0.4, -0.2) is 47.6 Å². The third kappa shape index (κ3) is 3.53. The lowest BCUT2D eigenvalue weighted by Crippen LogP contribution is -2.42. The fourth-order valence-corrected chi connectivity index (χ4v) is 3.16. The monoisotopic (exact) mass is 328 g/mol. The average molecular weight is 328 g/mol. The number of hydrogen-bond acceptors (Lipinski definition) is 2. The molecule has 6 nitrogen and oxygen atoms in total. The number of aryl methyl sites for hydroxylation is 2. The molecule has 1 saturated heterocycles. The van der Waals surface area contributed by atoms with E-state index in [1.54, 1.807) is 4.90 Å². The molecule has 1 aliphatic heterocycles. The van der Waals surface area contributed by atoms with Crippen LogP contribution in [0.25, 0.3) is 10.9 Å². The van der Waals surface area contributed by atoms with Crippen molar-refractivity contribution in [2.75, 3.05) is 26.2 Å². The number of aromatic nitrogens is 1. The lowest BCUT2D eigenvalue weighted by molar-refractivity contribution is -0.120. The summed E-state index contributed by atoms with van der Waals surface area (Å²) in [5.41, 5.74) is 3.70. The molecule has 0 atom stereocenters. The zero-order valence-corrected chi connectivity index (χ0v) is 14.3. The van der Waals surface area contributed by atoms with E-state index in [9.17, 15) is 9.59 Å². The van der Waals surface area contributed by atoms with Gasteiger partial charge in [0.25, 0.3) is 0 Å². The van der Waals surface area contributed by atoms with E-state index in [-0.39, 0.29) is 11.9 Å². The number of nitrogens with one attached hydrogen (secondary N) is 2. The van der Waals surface area contributed by atoms with Crippen molar-refractivity contribution in [2.45, 2.75) is 19.8 Å². The summed E-state index contributed by atoms with van der Waals surface area (Å²) in [6, 6.07) is 6.35. The maximum absolute atomic E-state index is 12.2. The predicted octanol–water partition coefficient (Wildman–Crippen LogP) is 1.56. The lowest BCUT2D eigenvalue weighted by atomic mass is 10.1. The second kappa shape index (κ2) is 6.95. The molecule has 1 aromatic carbocycles. The van der Waals surface area contributed by atoms with Crippen LogP contribution in [-0.2, 0) is 18.3 Å². The van der Waals surface area contributed by atoms with Gasteiger partial charge in [0.15, 0.2) is 0 Å². The molecule has 0 spiro atoms. The van der Waals surface area contributed by atoms with Gasteiger partial charge in [0.2, 0.25) is 5.91 Å². The summed E-state index contributed by atoms with van der Waals surface area (Å²) in [6.07, 6.45) is 3.29. The van der Waals surface area contributed by atoms with Gasteiger partial charge in [-0.3, -0.25) is 4.79 Å². The number of benzene rings is 1. The Morgan fingerprint density at radius 2 is 2.17 bits per heavy atom. The first kappa shape index (κ1) is 16.4. The molecule has 1 fully saturated rings. The fourth-order valence-electron chi connectivity index (χ4n) is 3.16. The third-order valence-electron chi connectivity index (χ3n) is 4.50. The molecule has 0 unspecified atom stereocenters. The Kier molecular flexibility index (Phi) is 4.74. The van der Waals surface area contributed by atoms with E-state index in [1.807, 2.05) is 7.05 Å². The Balaban J connectivity index is 1.58. The molecular formula is C18H24N4O2. The summed E-state index contributed by atoms with van der Waals surface area (Å²) < 4.78 is 2.13. The SMILES string of the molecule is Cc1ccc2c(CCNC(=O)N3CCNC(=O)CC3)cn(C)c2c1. The molecule has 0 bridgehead atoms. The third-order valence-corrected chi connectivity index (χ3v) is 4.50. The highest BCUT2D eigenvalue weighted by molar-refractivity contribution is 5.84. The fraction of sp³-hybridized carbons (Fsp3) is 0.444. The summed E-state index contributed by atoms with van der Waals surface area (Å²) in [5, 5.41) is 6.98. The maximum atomic E-state index is 12.2. The number of urea groups is 1. The molecular weight excluding hydrogens is 304 g/mol. The van der Waals surface area contributed by atoms with E-state index in [0.29, 0.717) is 32.6 Å². The Morgan fingerprint density at radius 3 is 3.00 bits per heavy atom. The molecule has 2 N–H and O–H groups in total. The second-order valence-electron chi connectivity index (χ2n) is 6.35. The first-order chi connectivity index (χ1) is 11.5. The van der Waals surface area contributed by atoms with Crippen molar-refractivity contribution in [3.8, 4) is 0 Å². The van der Waals surface area contributed by atoms with Crippen molar-refractivity contribution in [2.24, 2.45) is 7.05 Å². The van der Waals surface area contributed by atoms with Crippen LogP contribution < -0.4 is 10.6 Å². The van der Waals surface area contributed by atoms with Gasteiger partial charge in [0.05, 0.1) is 0 Å². The molecule has 6 heteroatoms. The van der Waals surface area contributed by atoms with Crippen LogP contribution in [0, 0.1) is 6.92 Å². The lowest BCUT2D eigenvalue weighted by Gasteiger charge is -2.19. The number of nitrogens with zero attached hydrogens (tertiary/aromatic N) is 2. The van der Waals surface area contributed by atoms with Gasteiger partial charge < -0.3 is 20.1 Å². The van der Waals surface area contributed by atoms with E-state index in [2.05, 4.69) is 46.5 Å². The van der Waals surface area contributed by atoms with Gasteiger partial charge >= 0.3 is 6.03 Å². The van der Waals surface area contributed by atoms with E-state index < -0.39 is 0 Å². The van der Waals surface area contributed by atoms with Gasteiger partial charge in [0.1, 0.15) is 0 Å². The number of carbonyl (C=O) groups is 2. The number of amides is 3. The minimum absolute atomic E-state index is 0.0105. The molecule has 3 rings (SSSR count). The van der Waals surface area contributed by atoms with Crippen LogP contribution in [0.15, 0.2) is 24.4 Å². The maximum Gasteiger partial charge on any atom is 0.317 e. The highest BCUT2D eigenvalue weighted by Gasteiger charge is 2.18. The Morgan fingerprint density at radius 1 is 1.33 bits per heavy atom. The van der Waals surface area contributed by atoms with Crippen LogP contribution in [0.4, 0.5) is 4.79 Å². The number of carbonyl (C=O) groups excluding carboxylic acids is 2. The van der Waals surface area contributed by atoms with E-state index in [1.165, 1.54) is 22.0 Å². The Labute approximate surface area is 141 Å². The number of rotatable bonds is 3. The van der Waals surface area contributed by atoms with Crippen molar-refractivity contribution in [1.29, 1.82) is 0 Å². The van der Waals surface area contributed by atoms with Crippen molar-refractivity contribution >= 4 is 22.8 Å². The predicted molar refractivity (Wildman–Crippen MR) is 94.0 cm³/mol. The summed E-state index contributed by atoms with van der Waals surface area (Å²) in [5.74, 6) is 0.0105. The zero-order valence-electron chi connectivity index (χ0n) is 14.3. The van der Waals surface area contributed by atoms with Crippen LogP contribution in [0.2, 0.25) is 0 Å². The van der Waals surface area contributed by atoms with Gasteiger partial charge in [-0.15, -0.1) is 0 Å². The first-order valence-electron chi connectivity index (χ1n) is 8.38. The molecule has 0 saturated carbocycles. The average Bonchev–Trinajstić information content (AvgIpc) is 2.72. The summed E-state index contributed by atoms with van der Waals surface area (Å²) in [4.78, 5) is 25.3. The smallest absolute Gasteiger partial charge is 0.317 e. The van der Waals surface area contributed by atoms with Crippen molar-refractivity contribution in [3.05, 3.63) is 35.5 Å². The van der Waals surface area contributed by atoms with Gasteiger partial charge in [-0.25, -0.2) is 4.79 Å². The molecule has 2 heterocycles. The van der Waals surface area contributed by atoms with E-state index >= 15 is 0 Å². The summed E-state index contributed by atoms with van der Waals surface area (Å²) in [6.45, 7) is 4.24. The van der Waals surface area contributed by atoms with E-state index in [0.717, 1.165) is 6.42 Å². The number of hydrogen-bond donors (Lipinski definition) is 2. The normalized spacial score (nSPS) is 15.2. The molecule has 0 aliphatic carbocycles. The highest BCUT2D eigenvalue weighted by Crippen LogP contribution is 2.22. The van der Waals surface area contributed by atoms with Crippen molar-refractivity contribution in [1.82, 2.24) is 20.1 Å². The van der Waals surface area contributed by atoms with Crippen molar-refractivity contribution in [3.63, 3.8) is 0 Å². The molecule has 24 heavy (non-hydrogen) atoms. The zero-order chi connectivity index (χ0) is 17.1. The van der Waals surface area contributed by atoms with Crippen LogP contribution in [0.1, 0.15) is 17.5 Å². The molecule has 0 radical (unpaired) electrons. The minimum atomic E-state index is -0.0948. The van der Waals surface area contributed by atoms with Gasteiger partial charge in [0, 0.05) is 56.7 Å². The van der Waals surface area contributed by atoms with Crippen molar-refractivity contribution < 1.29 is 9.59 Å². The van der Waals surface area contributed by atoms with Gasteiger partial charge in [-0.1, -0.05) is 12.1 Å². The molecule has 1 aliphatic rings. The van der Waals surface area contributed by atoms with Gasteiger partial charge in [-0.2, -0.15) is 0 Å². The van der Waals surface area contributed by atoms with Crippen LogP contribution >= 0.6 is 0 Å². The highest BCUT2D eigenvalue weighted by atomic mass is 16.2. The second-order valence-corrected chi connectivity index (χ2v) is 6.35. The standard InChI is InChI=1S/C18H24N4O2/c1-13-3-4-15-14(12-21(2)16(15)11-13)5-7-20-18(24)22-9-6-17(23)19-8-10-22/h3-4,11-12H,5-10H2,1-2H3,(H,19,23)(H,20,24). The van der Waals surface area contributed by atoms with Crippen LogP contribution in [0.3, 0.4) is 0 Å². The van der Waals surface area contributed by atoms with Gasteiger partial charge in [-0.05, 0) is 30.5 Å². The molecule has 1 aromatic heterocycles. The molecule has 2 aromatic rings. The minimum Gasteiger partial charge on any atom is -0.354 e. The largest absolute Gasteiger partial charge is 0.354 e. The van der Waals surface area contributed by atoms with Crippen LogP contribution in [0.5, 0.6) is 0 Å². The van der Waals surface area contributed by atoms with E-state index in [4.69, 9.17) is 0 Å². The molecule has 128 valence electrons. The summed E-state index contributed by atoms with van der Waals surface area (Å²) in [7, 11) is 2.05. The Bertz CT molecular complexity index is 766. The first-order valence-corrected chi connectivity index (χ1v) is 8.38.